The first kappa shape index (κ1) is 8.96. The van der Waals surface area contributed by atoms with Crippen LogP contribution in [0.15, 0.2) is 48.6 Å². The third kappa shape index (κ3) is 6.96. The van der Waals surface area contributed by atoms with Crippen molar-refractivity contribution in [2.45, 2.75) is 13.8 Å². The fraction of sp³-hybridized carbons (Fsp3) is 0.200. The molecule has 0 amide bonds. The van der Waals surface area contributed by atoms with Crippen molar-refractivity contribution < 1.29 is 0 Å². The molecule has 0 N–H and O–H groups in total. The summed E-state index contributed by atoms with van der Waals surface area (Å²) in [6, 6.07) is 12.0. The van der Waals surface area contributed by atoms with Crippen molar-refractivity contribution in [1.29, 1.82) is 0 Å². The van der Waals surface area contributed by atoms with Gasteiger partial charge in [-0.1, -0.05) is 48.6 Å². The highest BCUT2D eigenvalue weighted by Gasteiger charge is 1.57. The lowest BCUT2D eigenvalue weighted by atomic mass is 10.4. The maximum absolute atomic E-state index is 2.00. The highest BCUT2D eigenvalue weighted by atomic mass is 13.6. The molecule has 0 saturated carbocycles. The molecule has 0 saturated heterocycles. The van der Waals surface area contributed by atoms with Gasteiger partial charge in [-0.3, -0.25) is 0 Å². The molecule has 54 valence electrons. The molecule has 1 rings (SSSR count). The lowest BCUT2D eigenvalue weighted by molar-refractivity contribution is 1.64. The lowest BCUT2D eigenvalue weighted by Crippen LogP contribution is -1.47. The molecule has 0 aromatic heterocycles. The molecule has 0 bridgehead atoms. The van der Waals surface area contributed by atoms with E-state index in [9.17, 15) is 0 Å². The van der Waals surface area contributed by atoms with E-state index in [1.165, 1.54) is 0 Å². The molecular weight excluding hydrogens is 120 g/mol. The van der Waals surface area contributed by atoms with E-state index < -0.39 is 0 Å². The summed E-state index contributed by atoms with van der Waals surface area (Å²) in [6.45, 7) is 4.00. The van der Waals surface area contributed by atoms with Gasteiger partial charge >= 0.3 is 0 Å². The fourth-order valence-corrected chi connectivity index (χ4v) is 0.385. The summed E-state index contributed by atoms with van der Waals surface area (Å²) in [4.78, 5) is 0. The Bertz CT molecular complexity index is 120. The van der Waals surface area contributed by atoms with Gasteiger partial charge in [-0.15, -0.1) is 0 Å². The summed E-state index contributed by atoms with van der Waals surface area (Å²) < 4.78 is 0. The van der Waals surface area contributed by atoms with E-state index >= 15 is 0 Å². The molecule has 0 fully saturated rings. The third-order valence-corrected chi connectivity index (χ3v) is 1.00. The summed E-state index contributed by atoms with van der Waals surface area (Å²) in [5, 5.41) is 0. The van der Waals surface area contributed by atoms with Crippen molar-refractivity contribution in [3.05, 3.63) is 48.6 Å². The molecule has 0 heteroatoms. The number of allylic oxidation sites excluding steroid dienone is 2. The van der Waals surface area contributed by atoms with Crippen LogP contribution >= 0.6 is 0 Å². The molecule has 0 nitrogen and oxygen atoms in total. The Hall–Kier alpha value is -1.04. The van der Waals surface area contributed by atoms with Crippen LogP contribution in [0.3, 0.4) is 0 Å². The summed E-state index contributed by atoms with van der Waals surface area (Å²) >= 11 is 0. The number of hydrogen-bond donors (Lipinski definition) is 0. The summed E-state index contributed by atoms with van der Waals surface area (Å²) in [7, 11) is 0. The number of rotatable bonds is 0. The van der Waals surface area contributed by atoms with Crippen LogP contribution in [0.5, 0.6) is 0 Å². The van der Waals surface area contributed by atoms with Gasteiger partial charge in [0.15, 0.2) is 0 Å². The zero-order valence-electron chi connectivity index (χ0n) is 6.62. The Morgan fingerprint density at radius 1 is 0.600 bits per heavy atom. The van der Waals surface area contributed by atoms with Crippen molar-refractivity contribution in [3.63, 3.8) is 0 Å². The van der Waals surface area contributed by atoms with Crippen LogP contribution in [0.4, 0.5) is 0 Å². The Morgan fingerprint density at radius 2 is 0.800 bits per heavy atom. The largest absolute Gasteiger partial charge is 0.0919 e. The maximum Gasteiger partial charge on any atom is -0.0470 e. The second-order valence-corrected chi connectivity index (χ2v) is 1.82. The van der Waals surface area contributed by atoms with Crippen LogP contribution in [0.1, 0.15) is 13.8 Å². The van der Waals surface area contributed by atoms with Gasteiger partial charge in [0.05, 0.1) is 0 Å². The van der Waals surface area contributed by atoms with E-state index in [1.54, 1.807) is 0 Å². The third-order valence-electron chi connectivity index (χ3n) is 1.00. The van der Waals surface area contributed by atoms with E-state index in [0.717, 1.165) is 0 Å². The molecule has 0 heterocycles. The van der Waals surface area contributed by atoms with Crippen LogP contribution < -0.4 is 0 Å². The topological polar surface area (TPSA) is 0 Å². The summed E-state index contributed by atoms with van der Waals surface area (Å²) in [5.41, 5.74) is 0. The van der Waals surface area contributed by atoms with Gasteiger partial charge in [0, 0.05) is 0 Å². The predicted molar refractivity (Wildman–Crippen MR) is 46.9 cm³/mol. The fourth-order valence-electron chi connectivity index (χ4n) is 0.385. The monoisotopic (exact) mass is 134 g/mol. The minimum absolute atomic E-state index is 2.00. The minimum Gasteiger partial charge on any atom is -0.0919 e. The van der Waals surface area contributed by atoms with E-state index in [1.807, 2.05) is 62.4 Å². The molecule has 0 radical (unpaired) electrons. The van der Waals surface area contributed by atoms with Crippen molar-refractivity contribution >= 4 is 0 Å². The van der Waals surface area contributed by atoms with Crippen molar-refractivity contribution in [3.8, 4) is 0 Å². The molecular formula is C10H14. The second-order valence-electron chi connectivity index (χ2n) is 1.82. The Balaban J connectivity index is 0.000000180. The molecule has 0 aliphatic heterocycles. The van der Waals surface area contributed by atoms with Crippen molar-refractivity contribution in [1.82, 2.24) is 0 Å². The lowest BCUT2D eigenvalue weighted by Gasteiger charge is -1.69. The molecule has 0 aliphatic rings. The summed E-state index contributed by atoms with van der Waals surface area (Å²) in [5.74, 6) is 0. The first-order chi connectivity index (χ1) is 4.91. The van der Waals surface area contributed by atoms with E-state index in [4.69, 9.17) is 0 Å². The SMILES string of the molecule is C/C=C\C.c1ccccc1. The van der Waals surface area contributed by atoms with Gasteiger partial charge in [-0.2, -0.15) is 0 Å². The molecule has 1 aromatic rings. The average molecular weight is 134 g/mol. The van der Waals surface area contributed by atoms with Gasteiger partial charge in [-0.25, -0.2) is 0 Å². The average Bonchev–Trinajstić information content (AvgIpc) is 2.08. The van der Waals surface area contributed by atoms with Crippen LogP contribution in [-0.2, 0) is 0 Å². The Kier molecular flexibility index (Phi) is 7.13. The maximum atomic E-state index is 2.00. The van der Waals surface area contributed by atoms with E-state index in [2.05, 4.69) is 0 Å². The van der Waals surface area contributed by atoms with Gasteiger partial charge < -0.3 is 0 Å². The van der Waals surface area contributed by atoms with Crippen LogP contribution in [0, 0.1) is 0 Å². The number of hydrogen-bond acceptors (Lipinski definition) is 0. The highest BCUT2D eigenvalue weighted by molar-refractivity contribution is 4.99. The minimum atomic E-state index is 2.00. The zero-order valence-corrected chi connectivity index (χ0v) is 6.62. The molecule has 1 aromatic carbocycles. The standard InChI is InChI=1S/C6H6.C4H8/c1-2-4-6-5-3-1;1-3-4-2/h1-6H;3-4H,1-2H3/b;4-3-. The van der Waals surface area contributed by atoms with Gasteiger partial charge in [0.1, 0.15) is 0 Å². The van der Waals surface area contributed by atoms with Crippen LogP contribution in [0.25, 0.3) is 0 Å². The molecule has 0 spiro atoms. The molecule has 10 heavy (non-hydrogen) atoms. The van der Waals surface area contributed by atoms with Crippen molar-refractivity contribution in [2.75, 3.05) is 0 Å². The zero-order chi connectivity index (χ0) is 7.66. The molecule has 0 aliphatic carbocycles. The Labute approximate surface area is 63.2 Å². The first-order valence-electron chi connectivity index (χ1n) is 3.49. The Morgan fingerprint density at radius 3 is 0.900 bits per heavy atom. The highest BCUT2D eigenvalue weighted by Crippen LogP contribution is 1.79. The smallest absolute Gasteiger partial charge is 0.0470 e. The van der Waals surface area contributed by atoms with Crippen LogP contribution in [-0.4, -0.2) is 0 Å². The molecule has 0 atom stereocenters. The van der Waals surface area contributed by atoms with Crippen molar-refractivity contribution in [2.24, 2.45) is 0 Å². The van der Waals surface area contributed by atoms with Gasteiger partial charge in [0.2, 0.25) is 0 Å². The van der Waals surface area contributed by atoms with E-state index in [-0.39, 0.29) is 0 Å². The van der Waals surface area contributed by atoms with E-state index in [0.29, 0.717) is 0 Å². The normalized spacial score (nSPS) is 8.60. The van der Waals surface area contributed by atoms with Crippen LogP contribution in [0.2, 0.25) is 0 Å². The first-order valence-corrected chi connectivity index (χ1v) is 3.49. The predicted octanol–water partition coefficient (Wildman–Crippen LogP) is 3.27. The van der Waals surface area contributed by atoms with Gasteiger partial charge in [0.25, 0.3) is 0 Å². The summed E-state index contributed by atoms with van der Waals surface area (Å²) in [6.07, 6.45) is 4.00. The second kappa shape index (κ2) is 7.96. The quantitative estimate of drug-likeness (QED) is 0.478. The number of benzene rings is 1. The van der Waals surface area contributed by atoms with Gasteiger partial charge in [-0.05, 0) is 13.8 Å². The molecule has 0 unspecified atom stereocenters.